The van der Waals surface area contributed by atoms with Crippen molar-refractivity contribution in [2.75, 3.05) is 5.32 Å². The molecule has 27 heavy (non-hydrogen) atoms. The van der Waals surface area contributed by atoms with Gasteiger partial charge in [0.2, 0.25) is 5.95 Å². The predicted octanol–water partition coefficient (Wildman–Crippen LogP) is 4.04. The second-order valence-corrected chi connectivity index (χ2v) is 5.44. The number of alkyl halides is 3. The molecule has 0 bridgehead atoms. The highest BCUT2D eigenvalue weighted by atomic mass is 19.4. The first-order valence-electron chi connectivity index (χ1n) is 7.43. The number of carboxylic acids is 1. The molecule has 8 nitrogen and oxygen atoms in total. The van der Waals surface area contributed by atoms with E-state index in [0.717, 1.165) is 12.1 Å². The van der Waals surface area contributed by atoms with Gasteiger partial charge >= 0.3 is 18.3 Å². The fraction of sp³-hybridized carbons (Fsp3) is 0.0625. The molecule has 0 radical (unpaired) electrons. The summed E-state index contributed by atoms with van der Waals surface area (Å²) in [6.45, 7) is 0. The molecule has 0 unspecified atom stereocenters. The standard InChI is InChI=1S/C16H9F3N4O4/c17-16(18,19)27-8-2-4-10-12(6-8)26-15(22-10)23-14-20-9-3-1-7(13(24)25)5-11(9)21-14/h1-6H,(H,24,25)(H2,20,21,22,23). The molecular formula is C16H9F3N4O4. The van der Waals surface area contributed by atoms with E-state index >= 15 is 0 Å². The lowest BCUT2D eigenvalue weighted by molar-refractivity contribution is -0.274. The summed E-state index contributed by atoms with van der Waals surface area (Å²) in [6.07, 6.45) is -4.81. The van der Waals surface area contributed by atoms with Crippen molar-refractivity contribution < 1.29 is 32.2 Å². The molecule has 0 aliphatic rings. The van der Waals surface area contributed by atoms with Crippen molar-refractivity contribution in [3.05, 3.63) is 42.0 Å². The number of oxazole rings is 1. The number of carbonyl (C=O) groups is 1. The minimum atomic E-state index is -4.81. The summed E-state index contributed by atoms with van der Waals surface area (Å²) < 4.78 is 46.0. The zero-order valence-electron chi connectivity index (χ0n) is 13.2. The van der Waals surface area contributed by atoms with E-state index in [-0.39, 0.29) is 23.1 Å². The minimum absolute atomic E-state index is 0.00771. The molecule has 0 spiro atoms. The van der Waals surface area contributed by atoms with Gasteiger partial charge in [0.05, 0.1) is 16.6 Å². The summed E-state index contributed by atoms with van der Waals surface area (Å²) in [4.78, 5) is 22.2. The van der Waals surface area contributed by atoms with Crippen molar-refractivity contribution in [2.24, 2.45) is 0 Å². The fourth-order valence-electron chi connectivity index (χ4n) is 2.46. The summed E-state index contributed by atoms with van der Waals surface area (Å²) >= 11 is 0. The molecule has 4 aromatic rings. The van der Waals surface area contributed by atoms with Crippen LogP contribution in [0.1, 0.15) is 10.4 Å². The summed E-state index contributed by atoms with van der Waals surface area (Å²) in [5, 5.41) is 11.7. The molecule has 0 amide bonds. The van der Waals surface area contributed by atoms with E-state index in [0.29, 0.717) is 16.6 Å². The Kier molecular flexibility index (Phi) is 3.65. The molecule has 2 heterocycles. The summed E-state index contributed by atoms with van der Waals surface area (Å²) in [6, 6.07) is 7.87. The third-order valence-corrected chi connectivity index (χ3v) is 3.55. The van der Waals surface area contributed by atoms with Crippen molar-refractivity contribution in [3.63, 3.8) is 0 Å². The number of aromatic carboxylic acids is 1. The van der Waals surface area contributed by atoms with Crippen LogP contribution in [-0.4, -0.2) is 32.4 Å². The van der Waals surface area contributed by atoms with Crippen LogP contribution in [0.4, 0.5) is 25.1 Å². The lowest BCUT2D eigenvalue weighted by Crippen LogP contribution is -2.16. The molecule has 0 aliphatic heterocycles. The molecule has 4 rings (SSSR count). The van der Waals surface area contributed by atoms with Gasteiger partial charge in [-0.05, 0) is 30.3 Å². The number of fused-ring (bicyclic) bond motifs is 2. The van der Waals surface area contributed by atoms with Gasteiger partial charge in [0.25, 0.3) is 0 Å². The van der Waals surface area contributed by atoms with Gasteiger partial charge < -0.3 is 19.2 Å². The van der Waals surface area contributed by atoms with Gasteiger partial charge in [0, 0.05) is 6.07 Å². The zero-order valence-corrected chi connectivity index (χ0v) is 13.2. The van der Waals surface area contributed by atoms with Gasteiger partial charge in [-0.1, -0.05) is 0 Å². The van der Waals surface area contributed by atoms with Gasteiger partial charge in [-0.25, -0.2) is 9.78 Å². The monoisotopic (exact) mass is 378 g/mol. The molecule has 0 saturated carbocycles. The number of anilines is 2. The Balaban J connectivity index is 1.61. The first kappa shape index (κ1) is 16.7. The first-order valence-corrected chi connectivity index (χ1v) is 7.43. The first-order chi connectivity index (χ1) is 12.8. The van der Waals surface area contributed by atoms with Crippen LogP contribution in [0.15, 0.2) is 40.8 Å². The van der Waals surface area contributed by atoms with Gasteiger partial charge in [-0.3, -0.25) is 5.32 Å². The number of imidazole rings is 1. The molecule has 0 fully saturated rings. The summed E-state index contributed by atoms with van der Waals surface area (Å²) in [5.74, 6) is -1.27. The van der Waals surface area contributed by atoms with Crippen molar-refractivity contribution >= 4 is 40.1 Å². The number of ether oxygens (including phenoxy) is 1. The Bertz CT molecular complexity index is 1170. The molecule has 11 heteroatoms. The highest BCUT2D eigenvalue weighted by Crippen LogP contribution is 2.29. The van der Waals surface area contributed by atoms with Crippen LogP contribution < -0.4 is 10.1 Å². The number of aromatic amines is 1. The predicted molar refractivity (Wildman–Crippen MR) is 87.0 cm³/mol. The van der Waals surface area contributed by atoms with Crippen LogP contribution in [0.25, 0.3) is 22.1 Å². The molecule has 2 aromatic heterocycles. The molecule has 0 saturated heterocycles. The van der Waals surface area contributed by atoms with E-state index in [9.17, 15) is 18.0 Å². The van der Waals surface area contributed by atoms with E-state index in [1.807, 2.05) is 0 Å². The Labute approximate surface area is 147 Å². The van der Waals surface area contributed by atoms with E-state index in [1.54, 1.807) is 0 Å². The van der Waals surface area contributed by atoms with Crippen molar-refractivity contribution in [3.8, 4) is 5.75 Å². The largest absolute Gasteiger partial charge is 0.573 e. The Morgan fingerprint density at radius 3 is 2.67 bits per heavy atom. The Morgan fingerprint density at radius 2 is 1.93 bits per heavy atom. The number of carboxylic acid groups (broad SMARTS) is 1. The number of benzene rings is 2. The van der Waals surface area contributed by atoms with E-state index in [4.69, 9.17) is 9.52 Å². The van der Waals surface area contributed by atoms with Crippen molar-refractivity contribution in [1.82, 2.24) is 15.0 Å². The highest BCUT2D eigenvalue weighted by molar-refractivity contribution is 5.92. The second-order valence-electron chi connectivity index (χ2n) is 5.44. The Hall–Kier alpha value is -3.76. The van der Waals surface area contributed by atoms with Gasteiger partial charge in [-0.15, -0.1) is 13.2 Å². The number of aromatic nitrogens is 3. The lowest BCUT2D eigenvalue weighted by Gasteiger charge is -2.07. The minimum Gasteiger partial charge on any atom is -0.478 e. The normalized spacial score (nSPS) is 11.8. The molecule has 0 aliphatic carbocycles. The number of hydrogen-bond donors (Lipinski definition) is 3. The quantitative estimate of drug-likeness (QED) is 0.491. The third kappa shape index (κ3) is 3.47. The van der Waals surface area contributed by atoms with Gasteiger partial charge in [0.15, 0.2) is 5.58 Å². The third-order valence-electron chi connectivity index (χ3n) is 3.55. The average molecular weight is 378 g/mol. The van der Waals surface area contributed by atoms with Crippen LogP contribution in [0.5, 0.6) is 5.75 Å². The van der Waals surface area contributed by atoms with Crippen LogP contribution in [-0.2, 0) is 0 Å². The van der Waals surface area contributed by atoms with Crippen molar-refractivity contribution in [1.29, 1.82) is 0 Å². The average Bonchev–Trinajstić information content (AvgIpc) is 3.14. The highest BCUT2D eigenvalue weighted by Gasteiger charge is 2.31. The smallest absolute Gasteiger partial charge is 0.478 e. The molecule has 2 aromatic carbocycles. The van der Waals surface area contributed by atoms with Crippen LogP contribution in [0.2, 0.25) is 0 Å². The SMILES string of the molecule is O=C(O)c1ccc2nc(Nc3nc4ccc(OC(F)(F)F)cc4o3)[nH]c2c1. The van der Waals surface area contributed by atoms with Crippen LogP contribution >= 0.6 is 0 Å². The number of rotatable bonds is 4. The fourth-order valence-corrected chi connectivity index (χ4v) is 2.46. The van der Waals surface area contributed by atoms with Crippen molar-refractivity contribution in [2.45, 2.75) is 6.36 Å². The number of hydrogen-bond acceptors (Lipinski definition) is 6. The van der Waals surface area contributed by atoms with Gasteiger partial charge in [-0.2, -0.15) is 4.98 Å². The molecule has 138 valence electrons. The van der Waals surface area contributed by atoms with Crippen LogP contribution in [0, 0.1) is 0 Å². The number of nitrogens with one attached hydrogen (secondary N) is 2. The van der Waals surface area contributed by atoms with E-state index in [2.05, 4.69) is 25.0 Å². The Morgan fingerprint density at radius 1 is 1.15 bits per heavy atom. The topological polar surface area (TPSA) is 113 Å². The maximum Gasteiger partial charge on any atom is 0.573 e. The van der Waals surface area contributed by atoms with Crippen LogP contribution in [0.3, 0.4) is 0 Å². The number of halogens is 3. The second kappa shape index (κ2) is 5.90. The zero-order chi connectivity index (χ0) is 19.2. The number of nitrogens with zero attached hydrogens (tertiary/aromatic N) is 2. The maximum atomic E-state index is 12.3. The number of H-pyrrole nitrogens is 1. The summed E-state index contributed by atoms with van der Waals surface area (Å²) in [5.41, 5.74) is 1.49. The molecular weight excluding hydrogens is 369 g/mol. The van der Waals surface area contributed by atoms with E-state index in [1.165, 1.54) is 24.3 Å². The lowest BCUT2D eigenvalue weighted by atomic mass is 10.2. The van der Waals surface area contributed by atoms with E-state index < -0.39 is 18.1 Å². The van der Waals surface area contributed by atoms with Gasteiger partial charge in [0.1, 0.15) is 11.3 Å². The summed E-state index contributed by atoms with van der Waals surface area (Å²) in [7, 11) is 0. The maximum absolute atomic E-state index is 12.3. The molecule has 0 atom stereocenters. The molecule has 3 N–H and O–H groups in total.